The van der Waals surface area contributed by atoms with Crippen LogP contribution in [0.1, 0.15) is 48.0 Å². The average Bonchev–Trinajstić information content (AvgIpc) is 3.15. The van der Waals surface area contributed by atoms with Gasteiger partial charge in [0.2, 0.25) is 10.0 Å². The predicted molar refractivity (Wildman–Crippen MR) is 105 cm³/mol. The first-order chi connectivity index (χ1) is 12.9. The number of sulfonamides is 1. The lowest BCUT2D eigenvalue weighted by Crippen LogP contribution is -2.38. The van der Waals surface area contributed by atoms with Crippen LogP contribution in [0.3, 0.4) is 0 Å². The van der Waals surface area contributed by atoms with Gasteiger partial charge in [-0.3, -0.25) is 4.79 Å². The maximum Gasteiger partial charge on any atom is 0.256 e. The van der Waals surface area contributed by atoms with Gasteiger partial charge in [0.25, 0.3) is 5.91 Å². The number of nitrogens with one attached hydrogen (secondary N) is 1. The zero-order chi connectivity index (χ0) is 19.4. The molecule has 0 saturated heterocycles. The van der Waals surface area contributed by atoms with E-state index in [9.17, 15) is 13.2 Å². The number of rotatable bonds is 5. The second-order valence-corrected chi connectivity index (χ2v) is 9.48. The number of nitriles is 1. The number of amides is 1. The Morgan fingerprint density at radius 1 is 1.19 bits per heavy atom. The first kappa shape index (κ1) is 19.5. The minimum absolute atomic E-state index is 0.0370. The Morgan fingerprint density at radius 3 is 2.48 bits per heavy atom. The van der Waals surface area contributed by atoms with Crippen LogP contribution in [0.25, 0.3) is 0 Å². The molecule has 1 aliphatic rings. The molecule has 0 radical (unpaired) electrons. The largest absolute Gasteiger partial charge is 0.312 e. The first-order valence-corrected chi connectivity index (χ1v) is 11.1. The molecule has 1 heterocycles. The quantitative estimate of drug-likeness (QED) is 0.821. The first-order valence-electron chi connectivity index (χ1n) is 8.80. The van der Waals surface area contributed by atoms with Crippen LogP contribution < -0.4 is 5.32 Å². The summed E-state index contributed by atoms with van der Waals surface area (Å²) in [6, 6.07) is 9.61. The van der Waals surface area contributed by atoms with Crippen LogP contribution in [0.4, 0.5) is 5.00 Å². The molecule has 6 nitrogen and oxygen atoms in total. The highest BCUT2D eigenvalue weighted by molar-refractivity contribution is 7.89. The molecule has 1 saturated carbocycles. The van der Waals surface area contributed by atoms with E-state index < -0.39 is 10.0 Å². The highest BCUT2D eigenvalue weighted by Gasteiger charge is 2.29. The third kappa shape index (κ3) is 4.21. The molecule has 1 fully saturated rings. The van der Waals surface area contributed by atoms with Gasteiger partial charge in [0.15, 0.2) is 0 Å². The second-order valence-electron chi connectivity index (χ2n) is 6.57. The molecule has 1 aromatic heterocycles. The molecule has 0 unspecified atom stereocenters. The van der Waals surface area contributed by atoms with E-state index in [1.165, 1.54) is 39.9 Å². The van der Waals surface area contributed by atoms with Crippen molar-refractivity contribution in [1.82, 2.24) is 4.31 Å². The molecular weight excluding hydrogens is 382 g/mol. The number of thiophene rings is 1. The van der Waals surface area contributed by atoms with Crippen molar-refractivity contribution in [1.29, 1.82) is 5.26 Å². The molecule has 0 aliphatic heterocycles. The molecule has 1 aliphatic carbocycles. The van der Waals surface area contributed by atoms with Gasteiger partial charge in [0.05, 0.1) is 10.5 Å². The topological polar surface area (TPSA) is 90.3 Å². The van der Waals surface area contributed by atoms with Crippen molar-refractivity contribution in [3.8, 4) is 6.07 Å². The Labute approximate surface area is 163 Å². The monoisotopic (exact) mass is 403 g/mol. The number of carbonyl (C=O) groups is 1. The SMILES string of the molecule is CN(C1CCCCC1)S(=O)(=O)c1ccc(C(=O)Nc2sccc2C#N)cc1. The summed E-state index contributed by atoms with van der Waals surface area (Å²) in [6.07, 6.45) is 5.04. The highest BCUT2D eigenvalue weighted by Crippen LogP contribution is 2.27. The Balaban J connectivity index is 1.74. The average molecular weight is 404 g/mol. The Bertz CT molecular complexity index is 953. The normalized spacial score (nSPS) is 15.4. The van der Waals surface area contributed by atoms with Crippen LogP contribution in [0.2, 0.25) is 0 Å². The summed E-state index contributed by atoms with van der Waals surface area (Å²) in [5.41, 5.74) is 0.744. The fourth-order valence-electron chi connectivity index (χ4n) is 3.25. The molecule has 0 bridgehead atoms. The van der Waals surface area contributed by atoms with Crippen LogP contribution in [0, 0.1) is 11.3 Å². The van der Waals surface area contributed by atoms with Crippen LogP contribution in [-0.2, 0) is 10.0 Å². The molecule has 2 aromatic rings. The van der Waals surface area contributed by atoms with Gasteiger partial charge in [0, 0.05) is 18.7 Å². The molecule has 3 rings (SSSR count). The van der Waals surface area contributed by atoms with Crippen molar-refractivity contribution < 1.29 is 13.2 Å². The summed E-state index contributed by atoms with van der Waals surface area (Å²) in [5, 5.41) is 13.9. The Morgan fingerprint density at radius 2 is 1.85 bits per heavy atom. The summed E-state index contributed by atoms with van der Waals surface area (Å²) in [7, 11) is -1.95. The molecule has 1 aromatic carbocycles. The van der Waals surface area contributed by atoms with Crippen LogP contribution in [0.15, 0.2) is 40.6 Å². The van der Waals surface area contributed by atoms with E-state index in [4.69, 9.17) is 5.26 Å². The number of hydrogen-bond acceptors (Lipinski definition) is 5. The lowest BCUT2D eigenvalue weighted by Gasteiger charge is -2.30. The lowest BCUT2D eigenvalue weighted by molar-refractivity contribution is 0.102. The summed E-state index contributed by atoms with van der Waals surface area (Å²) < 4.78 is 27.2. The van der Waals surface area contributed by atoms with Gasteiger partial charge in [-0.1, -0.05) is 19.3 Å². The van der Waals surface area contributed by atoms with Crippen molar-refractivity contribution in [2.45, 2.75) is 43.0 Å². The fourth-order valence-corrected chi connectivity index (χ4v) is 5.40. The van der Waals surface area contributed by atoms with Gasteiger partial charge in [-0.15, -0.1) is 11.3 Å². The minimum atomic E-state index is -3.58. The molecule has 0 spiro atoms. The van der Waals surface area contributed by atoms with Gasteiger partial charge in [-0.2, -0.15) is 9.57 Å². The van der Waals surface area contributed by atoms with Gasteiger partial charge in [0.1, 0.15) is 11.1 Å². The van der Waals surface area contributed by atoms with Crippen molar-refractivity contribution in [3.63, 3.8) is 0 Å². The Hall–Kier alpha value is -2.21. The van der Waals surface area contributed by atoms with Gasteiger partial charge < -0.3 is 5.32 Å². The maximum atomic E-state index is 12.8. The third-order valence-electron chi connectivity index (χ3n) is 4.90. The molecule has 142 valence electrons. The number of nitrogens with zero attached hydrogens (tertiary/aromatic N) is 2. The molecule has 27 heavy (non-hydrogen) atoms. The van der Waals surface area contributed by atoms with Gasteiger partial charge >= 0.3 is 0 Å². The molecule has 1 amide bonds. The van der Waals surface area contributed by atoms with Crippen molar-refractivity contribution in [2.75, 3.05) is 12.4 Å². The van der Waals surface area contributed by atoms with Crippen molar-refractivity contribution in [2.24, 2.45) is 0 Å². The summed E-state index contributed by atoms with van der Waals surface area (Å²) >= 11 is 1.27. The van der Waals surface area contributed by atoms with Gasteiger partial charge in [-0.05, 0) is 48.6 Å². The van der Waals surface area contributed by atoms with E-state index in [-0.39, 0.29) is 16.8 Å². The maximum absolute atomic E-state index is 12.8. The Kier molecular flexibility index (Phi) is 5.95. The molecule has 0 atom stereocenters. The van der Waals surface area contributed by atoms with Crippen LogP contribution >= 0.6 is 11.3 Å². The van der Waals surface area contributed by atoms with E-state index >= 15 is 0 Å². The van der Waals surface area contributed by atoms with Crippen molar-refractivity contribution >= 4 is 32.3 Å². The van der Waals surface area contributed by atoms with E-state index in [0.29, 0.717) is 16.1 Å². The minimum Gasteiger partial charge on any atom is -0.312 e. The van der Waals surface area contributed by atoms with Crippen LogP contribution in [-0.4, -0.2) is 31.7 Å². The summed E-state index contributed by atoms with van der Waals surface area (Å²) in [4.78, 5) is 12.5. The predicted octanol–water partition coefficient (Wildman–Crippen LogP) is 3.83. The summed E-state index contributed by atoms with van der Waals surface area (Å²) in [5.74, 6) is -0.376. The zero-order valence-corrected chi connectivity index (χ0v) is 16.6. The zero-order valence-electron chi connectivity index (χ0n) is 15.0. The molecular formula is C19H21N3O3S2. The third-order valence-corrected chi connectivity index (χ3v) is 7.65. The highest BCUT2D eigenvalue weighted by atomic mass is 32.2. The fraction of sp³-hybridized carbons (Fsp3) is 0.368. The number of hydrogen-bond donors (Lipinski definition) is 1. The van der Waals surface area contributed by atoms with E-state index in [0.717, 1.165) is 32.1 Å². The smallest absolute Gasteiger partial charge is 0.256 e. The molecule has 8 heteroatoms. The van der Waals surface area contributed by atoms with E-state index in [2.05, 4.69) is 5.32 Å². The number of benzene rings is 1. The number of anilines is 1. The van der Waals surface area contributed by atoms with Crippen LogP contribution in [0.5, 0.6) is 0 Å². The van der Waals surface area contributed by atoms with Crippen molar-refractivity contribution in [3.05, 3.63) is 46.8 Å². The second kappa shape index (κ2) is 8.21. The van der Waals surface area contributed by atoms with Gasteiger partial charge in [-0.25, -0.2) is 8.42 Å². The van der Waals surface area contributed by atoms with E-state index in [1.54, 1.807) is 18.5 Å². The molecule has 1 N–H and O–H groups in total. The summed E-state index contributed by atoms with van der Waals surface area (Å²) in [6.45, 7) is 0. The standard InChI is InChI=1S/C19H21N3O3S2/c1-22(16-5-3-2-4-6-16)27(24,25)17-9-7-14(8-10-17)18(23)21-19-15(13-20)11-12-26-19/h7-12,16H,2-6H2,1H3,(H,21,23). The number of carbonyl (C=O) groups excluding carboxylic acids is 1. The lowest BCUT2D eigenvalue weighted by atomic mass is 9.96. The van der Waals surface area contributed by atoms with E-state index in [1.807, 2.05) is 6.07 Å².